The third-order valence-electron chi connectivity index (χ3n) is 8.63. The van der Waals surface area contributed by atoms with Gasteiger partial charge in [-0.25, -0.2) is 0 Å². The van der Waals surface area contributed by atoms with Gasteiger partial charge in [0.1, 0.15) is 22.3 Å². The van der Waals surface area contributed by atoms with Crippen molar-refractivity contribution < 1.29 is 8.83 Å². The Morgan fingerprint density at radius 3 is 1.51 bits per heavy atom. The van der Waals surface area contributed by atoms with Crippen LogP contribution in [0.2, 0.25) is 0 Å². The number of hydrogen-bond acceptors (Lipinski definition) is 5. The predicted molar refractivity (Wildman–Crippen MR) is 183 cm³/mol. The summed E-state index contributed by atoms with van der Waals surface area (Å²) in [5.41, 5.74) is 4.14. The van der Waals surface area contributed by atoms with Gasteiger partial charge in [0.25, 0.3) is 0 Å². The molecule has 0 N–H and O–H groups in total. The van der Waals surface area contributed by atoms with E-state index in [-0.39, 0.29) is 10.9 Å². The average Bonchev–Trinajstić information content (AvgIpc) is 3.08. The summed E-state index contributed by atoms with van der Waals surface area (Å²) in [6.45, 7) is 0. The van der Waals surface area contributed by atoms with Crippen molar-refractivity contribution in [2.75, 3.05) is 4.90 Å². The first kappa shape index (κ1) is 25.3. The highest BCUT2D eigenvalue weighted by Gasteiger charge is 2.20. The molecule has 2 heterocycles. The van der Waals surface area contributed by atoms with E-state index in [1.165, 1.54) is 0 Å². The predicted octanol–water partition coefficient (Wildman–Crippen LogP) is 9.98. The SMILES string of the molecule is O=c1c2ccccc2oc2cc3oc4cc(N(c5cccc6ccccc56)c5cccc6ccccc56)ccc4c(=O)c3cc12. The molecule has 45 heavy (non-hydrogen) atoms. The standard InChI is InChI=1S/C40H23NO4/c42-39-29-15-5-6-18-35(29)44-37-23-38-32(22-31(37)39)40(43)30-20-19-26(21-36(30)45-38)41(33-16-7-11-24-9-1-3-13-27(24)33)34-17-8-12-25-10-2-4-14-28(25)34/h1-23H. The average molecular weight is 582 g/mol. The normalized spacial score (nSPS) is 11.7. The summed E-state index contributed by atoms with van der Waals surface area (Å²) < 4.78 is 12.5. The number of benzene rings is 7. The van der Waals surface area contributed by atoms with Crippen LogP contribution in [0.15, 0.2) is 158 Å². The molecule has 0 aliphatic rings. The molecule has 0 saturated heterocycles. The number of nitrogens with zero attached hydrogens (tertiary/aromatic N) is 1. The maximum atomic E-state index is 13.9. The van der Waals surface area contributed by atoms with E-state index < -0.39 is 0 Å². The summed E-state index contributed by atoms with van der Waals surface area (Å²) in [4.78, 5) is 29.4. The van der Waals surface area contributed by atoms with E-state index in [0.29, 0.717) is 43.9 Å². The first-order valence-corrected chi connectivity index (χ1v) is 14.8. The van der Waals surface area contributed by atoms with Crippen molar-refractivity contribution in [2.45, 2.75) is 0 Å². The van der Waals surface area contributed by atoms with Gasteiger partial charge in [-0.15, -0.1) is 0 Å². The van der Waals surface area contributed by atoms with E-state index in [2.05, 4.69) is 65.6 Å². The zero-order valence-electron chi connectivity index (χ0n) is 23.9. The Morgan fingerprint density at radius 2 is 0.867 bits per heavy atom. The maximum Gasteiger partial charge on any atom is 0.200 e. The van der Waals surface area contributed by atoms with Crippen LogP contribution in [0.1, 0.15) is 0 Å². The van der Waals surface area contributed by atoms with Crippen LogP contribution in [0.25, 0.3) is 65.4 Å². The molecule has 0 unspecified atom stereocenters. The maximum absolute atomic E-state index is 13.9. The lowest BCUT2D eigenvalue weighted by Crippen LogP contribution is -2.12. The van der Waals surface area contributed by atoms with Gasteiger partial charge in [0.15, 0.2) is 0 Å². The molecule has 0 bridgehead atoms. The molecule has 0 atom stereocenters. The summed E-state index contributed by atoms with van der Waals surface area (Å²) in [6.07, 6.45) is 0. The van der Waals surface area contributed by atoms with Crippen molar-refractivity contribution in [2.24, 2.45) is 0 Å². The minimum Gasteiger partial charge on any atom is -0.456 e. The molecule has 0 saturated carbocycles. The largest absolute Gasteiger partial charge is 0.456 e. The van der Waals surface area contributed by atoms with Crippen LogP contribution in [-0.2, 0) is 0 Å². The van der Waals surface area contributed by atoms with Crippen LogP contribution < -0.4 is 15.8 Å². The molecule has 0 aliphatic carbocycles. The molecule has 9 aromatic rings. The Kier molecular flexibility index (Phi) is 5.43. The van der Waals surface area contributed by atoms with Gasteiger partial charge in [0.05, 0.1) is 32.9 Å². The molecule has 212 valence electrons. The molecule has 5 heteroatoms. The zero-order chi connectivity index (χ0) is 30.1. The second kappa shape index (κ2) is 9.66. The summed E-state index contributed by atoms with van der Waals surface area (Å²) in [7, 11) is 0. The van der Waals surface area contributed by atoms with Gasteiger partial charge in [0.2, 0.25) is 10.9 Å². The van der Waals surface area contributed by atoms with Crippen LogP contribution >= 0.6 is 0 Å². The lowest BCUT2D eigenvalue weighted by atomic mass is 10.0. The van der Waals surface area contributed by atoms with Crippen molar-refractivity contribution in [1.29, 1.82) is 0 Å². The van der Waals surface area contributed by atoms with Gasteiger partial charge in [-0.1, -0.05) is 84.9 Å². The molecule has 0 spiro atoms. The molecule has 2 aromatic heterocycles. The second-order valence-corrected chi connectivity index (χ2v) is 11.2. The number of hydrogen-bond donors (Lipinski definition) is 0. The van der Waals surface area contributed by atoms with Crippen LogP contribution in [0, 0.1) is 0 Å². The molecule has 5 nitrogen and oxygen atoms in total. The molecule has 0 radical (unpaired) electrons. The number of fused-ring (bicyclic) bond motifs is 6. The fourth-order valence-electron chi connectivity index (χ4n) is 6.49. The lowest BCUT2D eigenvalue weighted by molar-refractivity contribution is 0.646. The number of rotatable bonds is 3. The van der Waals surface area contributed by atoms with Crippen LogP contribution in [0.5, 0.6) is 0 Å². The van der Waals surface area contributed by atoms with Crippen molar-refractivity contribution >= 4 is 82.5 Å². The Balaban J connectivity index is 1.32. The Hall–Kier alpha value is -6.20. The molecule has 0 fully saturated rings. The van der Waals surface area contributed by atoms with Crippen LogP contribution in [-0.4, -0.2) is 0 Å². The lowest BCUT2D eigenvalue weighted by Gasteiger charge is -2.28. The number of anilines is 3. The van der Waals surface area contributed by atoms with E-state index in [9.17, 15) is 9.59 Å². The van der Waals surface area contributed by atoms with Gasteiger partial charge >= 0.3 is 0 Å². The third-order valence-corrected chi connectivity index (χ3v) is 8.63. The molecule has 0 aliphatic heterocycles. The molecule has 0 amide bonds. The van der Waals surface area contributed by atoms with Gasteiger partial charge in [-0.3, -0.25) is 9.59 Å². The highest BCUT2D eigenvalue weighted by molar-refractivity contribution is 6.06. The Labute approximate surface area is 255 Å². The van der Waals surface area contributed by atoms with Gasteiger partial charge < -0.3 is 13.7 Å². The zero-order valence-corrected chi connectivity index (χ0v) is 23.9. The topological polar surface area (TPSA) is 63.7 Å². The van der Waals surface area contributed by atoms with Crippen LogP contribution in [0.3, 0.4) is 0 Å². The van der Waals surface area contributed by atoms with Gasteiger partial charge in [-0.2, -0.15) is 0 Å². The Morgan fingerprint density at radius 1 is 0.378 bits per heavy atom. The van der Waals surface area contributed by atoms with E-state index in [1.54, 1.807) is 30.3 Å². The fourth-order valence-corrected chi connectivity index (χ4v) is 6.49. The quantitative estimate of drug-likeness (QED) is 0.194. The second-order valence-electron chi connectivity index (χ2n) is 11.2. The van der Waals surface area contributed by atoms with Crippen molar-refractivity contribution in [3.8, 4) is 0 Å². The minimum absolute atomic E-state index is 0.176. The summed E-state index contributed by atoms with van der Waals surface area (Å²) in [5.74, 6) is 0. The molecule has 9 rings (SSSR count). The highest BCUT2D eigenvalue weighted by atomic mass is 16.3. The minimum atomic E-state index is -0.200. The van der Waals surface area contributed by atoms with E-state index >= 15 is 0 Å². The van der Waals surface area contributed by atoms with Gasteiger partial charge in [0, 0.05) is 28.6 Å². The Bertz CT molecular complexity index is 2690. The van der Waals surface area contributed by atoms with E-state index in [0.717, 1.165) is 38.6 Å². The summed E-state index contributed by atoms with van der Waals surface area (Å²) in [6, 6.07) is 45.3. The first-order valence-electron chi connectivity index (χ1n) is 14.8. The smallest absolute Gasteiger partial charge is 0.200 e. The fraction of sp³-hybridized carbons (Fsp3) is 0. The molecular weight excluding hydrogens is 558 g/mol. The summed E-state index contributed by atoms with van der Waals surface area (Å²) in [5, 5.41) is 6.04. The molecule has 7 aromatic carbocycles. The van der Waals surface area contributed by atoms with Crippen LogP contribution in [0.4, 0.5) is 17.1 Å². The summed E-state index contributed by atoms with van der Waals surface area (Å²) >= 11 is 0. The van der Waals surface area contributed by atoms with Crippen molar-refractivity contribution in [3.63, 3.8) is 0 Å². The molecular formula is C40H23NO4. The highest BCUT2D eigenvalue weighted by Crippen LogP contribution is 2.42. The van der Waals surface area contributed by atoms with Crippen molar-refractivity contribution in [3.05, 3.63) is 160 Å². The monoisotopic (exact) mass is 581 g/mol. The van der Waals surface area contributed by atoms with E-state index in [1.807, 2.05) is 48.5 Å². The van der Waals surface area contributed by atoms with Gasteiger partial charge in [-0.05, 0) is 53.2 Å². The van der Waals surface area contributed by atoms with E-state index in [4.69, 9.17) is 8.83 Å². The number of para-hydroxylation sites is 1. The van der Waals surface area contributed by atoms with Crippen molar-refractivity contribution in [1.82, 2.24) is 0 Å². The first-order chi connectivity index (χ1) is 22.1. The third kappa shape index (κ3) is 3.88.